The van der Waals surface area contributed by atoms with Gasteiger partial charge in [-0.05, 0) is 70.4 Å². The van der Waals surface area contributed by atoms with Crippen molar-refractivity contribution in [1.82, 2.24) is 24.5 Å². The Labute approximate surface area is 281 Å². The molecule has 228 valence electrons. The van der Waals surface area contributed by atoms with E-state index in [9.17, 15) is 0 Å². The third-order valence-corrected chi connectivity index (χ3v) is 9.47. The lowest BCUT2D eigenvalue weighted by Gasteiger charge is -2.12. The molecular weight excluding hydrogens is 599 g/mol. The lowest BCUT2D eigenvalue weighted by molar-refractivity contribution is 1.01. The summed E-state index contributed by atoms with van der Waals surface area (Å²) in [6, 6.07) is 52.9. The van der Waals surface area contributed by atoms with Gasteiger partial charge in [0.1, 0.15) is 0 Å². The van der Waals surface area contributed by atoms with Crippen LogP contribution in [0.25, 0.3) is 94.0 Å². The lowest BCUT2D eigenvalue weighted by Crippen LogP contribution is -2.03. The predicted octanol–water partition coefficient (Wildman–Crippen LogP) is 10.8. The Morgan fingerprint density at radius 2 is 1.24 bits per heavy atom. The van der Waals surface area contributed by atoms with E-state index >= 15 is 0 Å². The fourth-order valence-electron chi connectivity index (χ4n) is 7.14. The summed E-state index contributed by atoms with van der Waals surface area (Å²) in [5, 5.41) is 6.81. The van der Waals surface area contributed by atoms with Crippen LogP contribution in [-0.4, -0.2) is 24.5 Å². The smallest absolute Gasteiger partial charge is 0.235 e. The molecule has 0 saturated carbocycles. The van der Waals surface area contributed by atoms with E-state index in [-0.39, 0.29) is 0 Å². The molecule has 49 heavy (non-hydrogen) atoms. The molecule has 5 heteroatoms. The van der Waals surface area contributed by atoms with E-state index in [1.165, 1.54) is 32.7 Å². The van der Waals surface area contributed by atoms with Gasteiger partial charge in [0.15, 0.2) is 0 Å². The summed E-state index contributed by atoms with van der Waals surface area (Å²) in [7, 11) is 0. The maximum atomic E-state index is 5.34. The van der Waals surface area contributed by atoms with Crippen molar-refractivity contribution in [2.45, 2.75) is 0 Å². The van der Waals surface area contributed by atoms with Gasteiger partial charge in [-0.15, -0.1) is 0 Å². The predicted molar refractivity (Wildman–Crippen MR) is 201 cm³/mol. The van der Waals surface area contributed by atoms with E-state index in [2.05, 4.69) is 143 Å². The van der Waals surface area contributed by atoms with Crippen LogP contribution in [0.4, 0.5) is 0 Å². The number of nitrogens with zero attached hydrogens (tertiary/aromatic N) is 5. The fraction of sp³-hybridized carbons (Fsp3) is 0. The van der Waals surface area contributed by atoms with Crippen molar-refractivity contribution in [1.29, 1.82) is 0 Å². The molecule has 5 nitrogen and oxygen atoms in total. The molecule has 10 aromatic rings. The molecule has 0 aliphatic rings. The van der Waals surface area contributed by atoms with Gasteiger partial charge in [0, 0.05) is 45.1 Å². The number of para-hydroxylation sites is 1. The first kappa shape index (κ1) is 27.4. The van der Waals surface area contributed by atoms with Crippen LogP contribution >= 0.6 is 0 Å². The molecule has 6 aromatic carbocycles. The molecule has 0 unspecified atom stereocenters. The van der Waals surface area contributed by atoms with Crippen LogP contribution in [0.2, 0.25) is 0 Å². The Balaban J connectivity index is 1.21. The second-order valence-corrected chi connectivity index (χ2v) is 12.4. The van der Waals surface area contributed by atoms with Gasteiger partial charge < -0.3 is 0 Å². The van der Waals surface area contributed by atoms with Gasteiger partial charge in [-0.1, -0.05) is 103 Å². The summed E-state index contributed by atoms with van der Waals surface area (Å²) >= 11 is 0. The second-order valence-electron chi connectivity index (χ2n) is 12.4. The Hall–Kier alpha value is -6.72. The Bertz CT molecular complexity index is 2870. The topological polar surface area (TPSA) is 56.5 Å². The first-order valence-electron chi connectivity index (χ1n) is 16.4. The Kier molecular flexibility index (Phi) is 6.11. The molecule has 0 aliphatic heterocycles. The number of rotatable bonds is 4. The molecule has 0 saturated heterocycles. The number of benzene rings is 6. The van der Waals surface area contributed by atoms with E-state index in [1.54, 1.807) is 0 Å². The highest BCUT2D eigenvalue weighted by Crippen LogP contribution is 2.40. The summed E-state index contributed by atoms with van der Waals surface area (Å²) in [5.74, 6) is 0.624. The number of pyridine rings is 2. The third-order valence-electron chi connectivity index (χ3n) is 9.47. The van der Waals surface area contributed by atoms with Crippen molar-refractivity contribution in [3.8, 4) is 39.6 Å². The van der Waals surface area contributed by atoms with Crippen LogP contribution in [0.5, 0.6) is 0 Å². The van der Waals surface area contributed by atoms with E-state index in [0.717, 1.165) is 55.4 Å². The second kappa shape index (κ2) is 10.9. The molecule has 0 amide bonds. The van der Waals surface area contributed by atoms with E-state index < -0.39 is 0 Å². The van der Waals surface area contributed by atoms with E-state index in [4.69, 9.17) is 15.0 Å². The molecule has 0 bridgehead atoms. The average Bonchev–Trinajstić information content (AvgIpc) is 3.50. The van der Waals surface area contributed by atoms with Crippen LogP contribution in [0.15, 0.2) is 164 Å². The van der Waals surface area contributed by atoms with Crippen molar-refractivity contribution >= 4 is 54.4 Å². The quantitative estimate of drug-likeness (QED) is 0.195. The number of hydrogen-bond donors (Lipinski definition) is 0. The minimum absolute atomic E-state index is 0.624. The first-order chi connectivity index (χ1) is 24.3. The van der Waals surface area contributed by atoms with Gasteiger partial charge in [0.25, 0.3) is 0 Å². The van der Waals surface area contributed by atoms with Crippen LogP contribution < -0.4 is 0 Å². The number of hydrogen-bond acceptors (Lipinski definition) is 4. The molecule has 0 N–H and O–H groups in total. The number of aromatic nitrogens is 5. The molecular formula is C44H27N5. The van der Waals surface area contributed by atoms with Crippen molar-refractivity contribution in [2.24, 2.45) is 0 Å². The summed E-state index contributed by atoms with van der Waals surface area (Å²) in [6.45, 7) is 0. The fourth-order valence-corrected chi connectivity index (χ4v) is 7.14. The molecule has 0 atom stereocenters. The van der Waals surface area contributed by atoms with Gasteiger partial charge in [-0.3, -0.25) is 14.5 Å². The molecule has 10 rings (SSSR count). The highest BCUT2D eigenvalue weighted by Gasteiger charge is 2.20. The number of fused-ring (bicyclic) bond motifs is 6. The molecule has 4 aromatic heterocycles. The molecule has 0 fully saturated rings. The molecule has 0 aliphatic carbocycles. The van der Waals surface area contributed by atoms with Crippen LogP contribution in [-0.2, 0) is 0 Å². The Morgan fingerprint density at radius 1 is 0.449 bits per heavy atom. The zero-order chi connectivity index (χ0) is 32.3. The largest absolute Gasteiger partial charge is 0.278 e. The van der Waals surface area contributed by atoms with Gasteiger partial charge in [-0.2, -0.15) is 0 Å². The van der Waals surface area contributed by atoms with Crippen molar-refractivity contribution in [3.05, 3.63) is 164 Å². The third kappa shape index (κ3) is 4.48. The molecule has 0 radical (unpaired) electrons. The lowest BCUT2D eigenvalue weighted by atomic mass is 9.98. The van der Waals surface area contributed by atoms with Crippen LogP contribution in [0.3, 0.4) is 0 Å². The SMILES string of the molecule is c1ccc(-c2cccc3c2c2cc4ccccc4cc2n3-c2nc(-c3ccc(-c4ccc5cccnc5c4)nc3)c3ccccc3n2)cc1. The van der Waals surface area contributed by atoms with Gasteiger partial charge in [-0.25, -0.2) is 9.97 Å². The Morgan fingerprint density at radius 3 is 2.12 bits per heavy atom. The summed E-state index contributed by atoms with van der Waals surface area (Å²) in [4.78, 5) is 20.0. The molecule has 0 spiro atoms. The highest BCUT2D eigenvalue weighted by molar-refractivity contribution is 6.18. The zero-order valence-electron chi connectivity index (χ0n) is 26.3. The monoisotopic (exact) mass is 625 g/mol. The highest BCUT2D eigenvalue weighted by atomic mass is 15.2. The first-order valence-corrected chi connectivity index (χ1v) is 16.4. The summed E-state index contributed by atoms with van der Waals surface area (Å²) < 4.78 is 2.23. The van der Waals surface area contributed by atoms with E-state index in [0.29, 0.717) is 5.95 Å². The minimum atomic E-state index is 0.624. The van der Waals surface area contributed by atoms with Gasteiger partial charge in [0.05, 0.1) is 33.5 Å². The van der Waals surface area contributed by atoms with Crippen molar-refractivity contribution in [2.75, 3.05) is 0 Å². The van der Waals surface area contributed by atoms with Gasteiger partial charge in [0.2, 0.25) is 5.95 Å². The van der Waals surface area contributed by atoms with Crippen molar-refractivity contribution < 1.29 is 0 Å². The standard InChI is InChI=1S/C44H27N5/c1-2-10-28(11-3-1)34-16-8-18-40-42(34)36-24-30-12-4-5-13-31(30)26-41(36)49(40)44-47-38-17-7-6-15-35(38)43(48-44)33-21-22-37(46-27-33)32-20-19-29-14-9-23-45-39(29)25-32/h1-27H. The van der Waals surface area contributed by atoms with Gasteiger partial charge >= 0.3 is 0 Å². The zero-order valence-corrected chi connectivity index (χ0v) is 26.3. The van der Waals surface area contributed by atoms with Crippen LogP contribution in [0, 0.1) is 0 Å². The normalized spacial score (nSPS) is 11.7. The molecule has 4 heterocycles. The van der Waals surface area contributed by atoms with Crippen LogP contribution in [0.1, 0.15) is 0 Å². The van der Waals surface area contributed by atoms with Crippen molar-refractivity contribution in [3.63, 3.8) is 0 Å². The maximum absolute atomic E-state index is 5.34. The summed E-state index contributed by atoms with van der Waals surface area (Å²) in [5.41, 5.74) is 10.00. The minimum Gasteiger partial charge on any atom is -0.278 e. The maximum Gasteiger partial charge on any atom is 0.235 e. The summed E-state index contributed by atoms with van der Waals surface area (Å²) in [6.07, 6.45) is 3.74. The average molecular weight is 626 g/mol. The van der Waals surface area contributed by atoms with E-state index in [1.807, 2.05) is 30.6 Å².